The summed E-state index contributed by atoms with van der Waals surface area (Å²) >= 11 is 0. The third-order valence-electron chi connectivity index (χ3n) is 3.58. The fourth-order valence-corrected chi connectivity index (χ4v) is 2.58. The number of hydrogen-bond acceptors (Lipinski definition) is 3. The molecule has 2 heterocycles. The topological polar surface area (TPSA) is 62.3 Å². The number of nitrogens with one attached hydrogen (secondary N) is 1. The molecule has 1 aromatic heterocycles. The third-order valence-corrected chi connectivity index (χ3v) is 3.58. The van der Waals surface area contributed by atoms with Crippen LogP contribution in [0.25, 0.3) is 0 Å². The second-order valence-electron chi connectivity index (χ2n) is 5.59. The summed E-state index contributed by atoms with van der Waals surface area (Å²) in [5, 5.41) is 2.81. The number of hydrogen-bond donors (Lipinski definition) is 1. The summed E-state index contributed by atoms with van der Waals surface area (Å²) in [5.74, 6) is -0.108. The number of anilines is 1. The minimum Gasteiger partial charge on any atom is -0.342 e. The molecule has 2 rings (SSSR count). The zero-order valence-corrected chi connectivity index (χ0v) is 12.4. The quantitative estimate of drug-likeness (QED) is 0.912. The van der Waals surface area contributed by atoms with Crippen molar-refractivity contribution in [3.05, 3.63) is 24.0 Å². The SMILES string of the molecule is CCC1NC(=O)C(C(C)C)N(c2cncc(C)c2)C1=O. The number of amides is 2. The molecule has 1 aliphatic rings. The van der Waals surface area contributed by atoms with Crippen LogP contribution in [0.1, 0.15) is 32.8 Å². The lowest BCUT2D eigenvalue weighted by Gasteiger charge is -2.40. The van der Waals surface area contributed by atoms with Crippen molar-refractivity contribution in [3.63, 3.8) is 0 Å². The summed E-state index contributed by atoms with van der Waals surface area (Å²) in [5.41, 5.74) is 1.67. The molecule has 0 aliphatic carbocycles. The molecular formula is C15H21N3O2. The average Bonchev–Trinajstić information content (AvgIpc) is 2.40. The highest BCUT2D eigenvalue weighted by molar-refractivity contribution is 6.08. The van der Waals surface area contributed by atoms with Crippen molar-refractivity contribution in [2.45, 2.75) is 46.2 Å². The Morgan fingerprint density at radius 2 is 2.05 bits per heavy atom. The lowest BCUT2D eigenvalue weighted by molar-refractivity contribution is -0.134. The standard InChI is InChI=1S/C15H21N3O2/c1-5-12-15(20)18(11-6-10(4)7-16-8-11)13(9(2)3)14(19)17-12/h6-9,12-13H,5H2,1-4H3,(H,17,19). The molecule has 0 aromatic carbocycles. The van der Waals surface area contributed by atoms with Crippen LogP contribution >= 0.6 is 0 Å². The highest BCUT2D eigenvalue weighted by Gasteiger charge is 2.42. The Kier molecular flexibility index (Phi) is 4.06. The molecule has 0 saturated carbocycles. The predicted molar refractivity (Wildman–Crippen MR) is 77.3 cm³/mol. The van der Waals surface area contributed by atoms with E-state index < -0.39 is 12.1 Å². The predicted octanol–water partition coefficient (Wildman–Crippen LogP) is 1.66. The van der Waals surface area contributed by atoms with Crippen LogP contribution in [-0.2, 0) is 9.59 Å². The molecule has 1 N–H and O–H groups in total. The van der Waals surface area contributed by atoms with Crippen molar-refractivity contribution in [3.8, 4) is 0 Å². The fraction of sp³-hybridized carbons (Fsp3) is 0.533. The monoisotopic (exact) mass is 275 g/mol. The summed E-state index contributed by atoms with van der Waals surface area (Å²) in [6, 6.07) is 0.970. The van der Waals surface area contributed by atoms with Gasteiger partial charge in [-0.3, -0.25) is 19.5 Å². The summed E-state index contributed by atoms with van der Waals surface area (Å²) in [7, 11) is 0. The molecule has 1 aromatic rings. The zero-order valence-electron chi connectivity index (χ0n) is 12.4. The van der Waals surface area contributed by atoms with Crippen LogP contribution in [-0.4, -0.2) is 28.9 Å². The number of rotatable bonds is 3. The molecule has 1 fully saturated rings. The second-order valence-corrected chi connectivity index (χ2v) is 5.59. The minimum atomic E-state index is -0.478. The van der Waals surface area contributed by atoms with Gasteiger partial charge < -0.3 is 5.32 Å². The summed E-state index contributed by atoms with van der Waals surface area (Å²) in [6.45, 7) is 7.71. The van der Waals surface area contributed by atoms with Crippen LogP contribution in [0.3, 0.4) is 0 Å². The van der Waals surface area contributed by atoms with Crippen LogP contribution in [0.5, 0.6) is 0 Å². The van der Waals surface area contributed by atoms with Crippen molar-refractivity contribution in [2.75, 3.05) is 4.90 Å². The Bertz CT molecular complexity index is 528. The van der Waals surface area contributed by atoms with E-state index in [1.165, 1.54) is 0 Å². The van der Waals surface area contributed by atoms with Gasteiger partial charge in [0.1, 0.15) is 12.1 Å². The van der Waals surface area contributed by atoms with Gasteiger partial charge in [0.25, 0.3) is 0 Å². The number of piperazine rings is 1. The van der Waals surface area contributed by atoms with Crippen LogP contribution in [0, 0.1) is 12.8 Å². The number of nitrogens with zero attached hydrogens (tertiary/aromatic N) is 2. The molecule has 2 unspecified atom stereocenters. The van der Waals surface area contributed by atoms with Gasteiger partial charge in [-0.2, -0.15) is 0 Å². The third kappa shape index (κ3) is 2.53. The van der Waals surface area contributed by atoms with Gasteiger partial charge in [-0.15, -0.1) is 0 Å². The van der Waals surface area contributed by atoms with E-state index in [0.29, 0.717) is 12.1 Å². The van der Waals surface area contributed by atoms with Crippen molar-refractivity contribution in [1.82, 2.24) is 10.3 Å². The van der Waals surface area contributed by atoms with E-state index in [4.69, 9.17) is 0 Å². The van der Waals surface area contributed by atoms with Gasteiger partial charge in [-0.25, -0.2) is 0 Å². The number of aryl methyl sites for hydroxylation is 1. The minimum absolute atomic E-state index is 0.0391. The lowest BCUT2D eigenvalue weighted by Crippen LogP contribution is -2.65. The molecule has 108 valence electrons. The molecule has 0 spiro atoms. The smallest absolute Gasteiger partial charge is 0.250 e. The summed E-state index contributed by atoms with van der Waals surface area (Å²) in [4.78, 5) is 30.7. The molecule has 5 nitrogen and oxygen atoms in total. The van der Waals surface area contributed by atoms with Crippen LogP contribution in [0.2, 0.25) is 0 Å². The molecule has 0 bridgehead atoms. The van der Waals surface area contributed by atoms with E-state index in [1.807, 2.05) is 33.8 Å². The second kappa shape index (κ2) is 5.61. The number of aromatic nitrogens is 1. The molecule has 2 atom stereocenters. The van der Waals surface area contributed by atoms with Gasteiger partial charge in [-0.1, -0.05) is 20.8 Å². The number of pyridine rings is 1. The van der Waals surface area contributed by atoms with Gasteiger partial charge in [0.2, 0.25) is 11.8 Å². The summed E-state index contributed by atoms with van der Waals surface area (Å²) < 4.78 is 0. The zero-order chi connectivity index (χ0) is 14.9. The van der Waals surface area contributed by atoms with Crippen LogP contribution in [0.15, 0.2) is 18.5 Å². The van der Waals surface area contributed by atoms with Crippen LogP contribution in [0.4, 0.5) is 5.69 Å². The molecule has 2 amide bonds. The Hall–Kier alpha value is -1.91. The van der Waals surface area contributed by atoms with Gasteiger partial charge in [0.15, 0.2) is 0 Å². The molecule has 1 saturated heterocycles. The van der Waals surface area contributed by atoms with Crippen molar-refractivity contribution >= 4 is 17.5 Å². The fourth-order valence-electron chi connectivity index (χ4n) is 2.58. The normalized spacial score (nSPS) is 23.1. The maximum atomic E-state index is 12.6. The van der Waals surface area contributed by atoms with Crippen LogP contribution < -0.4 is 10.2 Å². The van der Waals surface area contributed by atoms with E-state index >= 15 is 0 Å². The van der Waals surface area contributed by atoms with E-state index in [9.17, 15) is 9.59 Å². The highest BCUT2D eigenvalue weighted by atomic mass is 16.2. The van der Waals surface area contributed by atoms with Crippen molar-refractivity contribution in [1.29, 1.82) is 0 Å². The van der Waals surface area contributed by atoms with E-state index in [-0.39, 0.29) is 17.7 Å². The van der Waals surface area contributed by atoms with E-state index in [0.717, 1.165) is 5.56 Å². The first-order valence-corrected chi connectivity index (χ1v) is 7.00. The van der Waals surface area contributed by atoms with Gasteiger partial charge in [-0.05, 0) is 30.9 Å². The number of carbonyl (C=O) groups excluding carboxylic acids is 2. The first-order valence-electron chi connectivity index (χ1n) is 7.00. The average molecular weight is 275 g/mol. The molecule has 1 aliphatic heterocycles. The maximum absolute atomic E-state index is 12.6. The van der Waals surface area contributed by atoms with E-state index in [1.54, 1.807) is 17.3 Å². The Morgan fingerprint density at radius 3 is 2.60 bits per heavy atom. The lowest BCUT2D eigenvalue weighted by atomic mass is 9.95. The number of carbonyl (C=O) groups is 2. The van der Waals surface area contributed by atoms with Gasteiger partial charge in [0.05, 0.1) is 11.9 Å². The molecular weight excluding hydrogens is 254 g/mol. The highest BCUT2D eigenvalue weighted by Crippen LogP contribution is 2.26. The van der Waals surface area contributed by atoms with Gasteiger partial charge in [0, 0.05) is 6.20 Å². The van der Waals surface area contributed by atoms with Crippen molar-refractivity contribution in [2.24, 2.45) is 5.92 Å². The largest absolute Gasteiger partial charge is 0.342 e. The molecule has 0 radical (unpaired) electrons. The first-order chi connectivity index (χ1) is 9.45. The van der Waals surface area contributed by atoms with Crippen molar-refractivity contribution < 1.29 is 9.59 Å². The molecule has 20 heavy (non-hydrogen) atoms. The molecule has 5 heteroatoms. The van der Waals surface area contributed by atoms with E-state index in [2.05, 4.69) is 10.3 Å². The Balaban J connectivity index is 2.47. The Labute approximate surface area is 119 Å². The summed E-state index contributed by atoms with van der Waals surface area (Å²) in [6.07, 6.45) is 3.97. The van der Waals surface area contributed by atoms with Gasteiger partial charge >= 0.3 is 0 Å². The maximum Gasteiger partial charge on any atom is 0.250 e. The Morgan fingerprint density at radius 1 is 1.35 bits per heavy atom. The first kappa shape index (κ1) is 14.5.